The first-order chi connectivity index (χ1) is 15.8. The summed E-state index contributed by atoms with van der Waals surface area (Å²) in [7, 11) is 1.67. The van der Waals surface area contributed by atoms with Crippen LogP contribution in [0.15, 0.2) is 24.3 Å². The van der Waals surface area contributed by atoms with E-state index in [1.165, 1.54) is 0 Å². The highest BCUT2D eigenvalue weighted by Gasteiger charge is 2.16. The first-order valence-electron chi connectivity index (χ1n) is 11.3. The summed E-state index contributed by atoms with van der Waals surface area (Å²) in [6.45, 7) is 5.52. The van der Waals surface area contributed by atoms with Crippen molar-refractivity contribution >= 4 is 17.9 Å². The molecule has 0 radical (unpaired) electrons. The van der Waals surface area contributed by atoms with Gasteiger partial charge in [-0.05, 0) is 37.0 Å². The molecule has 1 rings (SSSR count). The van der Waals surface area contributed by atoms with Crippen molar-refractivity contribution in [3.05, 3.63) is 29.8 Å². The fraction of sp³-hybridized carbons (Fsp3) is 0.625. The molecule has 0 saturated heterocycles. The van der Waals surface area contributed by atoms with Gasteiger partial charge >= 0.3 is 17.9 Å². The summed E-state index contributed by atoms with van der Waals surface area (Å²) < 4.78 is 21.4. The summed E-state index contributed by atoms with van der Waals surface area (Å²) in [5, 5.41) is 11.8. The second kappa shape index (κ2) is 16.9. The quantitative estimate of drug-likeness (QED) is 0.248. The average molecular weight is 468 g/mol. The van der Waals surface area contributed by atoms with E-state index < -0.39 is 18.0 Å². The van der Waals surface area contributed by atoms with Crippen molar-refractivity contribution in [1.29, 1.82) is 0 Å². The van der Waals surface area contributed by atoms with Gasteiger partial charge in [0.1, 0.15) is 18.5 Å². The van der Waals surface area contributed by atoms with Crippen LogP contribution >= 0.6 is 0 Å². The Hall–Kier alpha value is -2.65. The molecule has 33 heavy (non-hydrogen) atoms. The number of carboxylic acids is 1. The number of carbonyl (C=O) groups excluding carboxylic acids is 2. The molecule has 0 aliphatic rings. The third-order valence-corrected chi connectivity index (χ3v) is 4.59. The fourth-order valence-corrected chi connectivity index (χ4v) is 2.75. The molecule has 1 aromatic carbocycles. The maximum absolute atomic E-state index is 12.2. The van der Waals surface area contributed by atoms with Gasteiger partial charge in [-0.1, -0.05) is 26.0 Å². The molecule has 0 fully saturated rings. The van der Waals surface area contributed by atoms with Crippen LogP contribution in [0.25, 0.3) is 0 Å². The van der Waals surface area contributed by atoms with Gasteiger partial charge in [0.15, 0.2) is 0 Å². The summed E-state index contributed by atoms with van der Waals surface area (Å²) in [6, 6.07) is 7.98. The van der Waals surface area contributed by atoms with Crippen LogP contribution in [0.4, 0.5) is 0 Å². The number of carboxylic acid groups (broad SMARTS) is 1. The second-order valence-electron chi connectivity index (χ2n) is 7.94. The molecule has 0 aromatic heterocycles. The van der Waals surface area contributed by atoms with Gasteiger partial charge in [0, 0.05) is 26.1 Å². The normalized spacial score (nSPS) is 11.8. The minimum Gasteiger partial charge on any atom is -0.490 e. The van der Waals surface area contributed by atoms with E-state index in [0.717, 1.165) is 12.0 Å². The molecule has 0 aliphatic carbocycles. The minimum atomic E-state index is -1.04. The van der Waals surface area contributed by atoms with E-state index in [2.05, 4.69) is 5.32 Å². The Morgan fingerprint density at radius 2 is 1.70 bits per heavy atom. The Balaban J connectivity index is 2.37. The van der Waals surface area contributed by atoms with Gasteiger partial charge in [-0.25, -0.2) is 0 Å². The van der Waals surface area contributed by atoms with E-state index in [4.69, 9.17) is 24.1 Å². The molecule has 1 atom stereocenters. The summed E-state index contributed by atoms with van der Waals surface area (Å²) in [4.78, 5) is 34.0. The van der Waals surface area contributed by atoms with Crippen LogP contribution in [-0.2, 0) is 35.0 Å². The molecular weight excluding hydrogens is 430 g/mol. The zero-order chi connectivity index (χ0) is 24.5. The lowest BCUT2D eigenvalue weighted by Crippen LogP contribution is -2.38. The van der Waals surface area contributed by atoms with Crippen LogP contribution in [0.5, 0.6) is 5.75 Å². The number of aliphatic carboxylic acids is 1. The molecule has 0 spiro atoms. The third-order valence-electron chi connectivity index (χ3n) is 4.59. The summed E-state index contributed by atoms with van der Waals surface area (Å²) >= 11 is 0. The van der Waals surface area contributed by atoms with Crippen molar-refractivity contribution in [1.82, 2.24) is 5.32 Å². The van der Waals surface area contributed by atoms with E-state index in [0.29, 0.717) is 31.7 Å². The van der Waals surface area contributed by atoms with E-state index in [1.807, 2.05) is 38.1 Å². The number of benzene rings is 1. The van der Waals surface area contributed by atoms with E-state index >= 15 is 0 Å². The first-order valence-corrected chi connectivity index (χ1v) is 11.3. The van der Waals surface area contributed by atoms with Crippen LogP contribution in [0.3, 0.4) is 0 Å². The highest BCUT2D eigenvalue weighted by atomic mass is 16.6. The van der Waals surface area contributed by atoms with Gasteiger partial charge in [0.2, 0.25) is 0 Å². The number of rotatable bonds is 18. The lowest BCUT2D eigenvalue weighted by atomic mass is 10.1. The molecular formula is C24H37NO8. The maximum atomic E-state index is 12.2. The highest BCUT2D eigenvalue weighted by molar-refractivity contribution is 5.76. The second-order valence-corrected chi connectivity index (χ2v) is 7.94. The molecule has 0 saturated carbocycles. The third kappa shape index (κ3) is 14.9. The predicted octanol–water partition coefficient (Wildman–Crippen LogP) is 2.74. The van der Waals surface area contributed by atoms with Crippen LogP contribution in [0, 0.1) is 0 Å². The minimum absolute atomic E-state index is 0.146. The van der Waals surface area contributed by atoms with E-state index in [9.17, 15) is 14.4 Å². The Morgan fingerprint density at radius 3 is 2.33 bits per heavy atom. The van der Waals surface area contributed by atoms with E-state index in [-0.39, 0.29) is 44.5 Å². The summed E-state index contributed by atoms with van der Waals surface area (Å²) in [6.07, 6.45) is 1.17. The smallest absolute Gasteiger partial charge is 0.306 e. The lowest BCUT2D eigenvalue weighted by molar-refractivity contribution is -0.150. The van der Waals surface area contributed by atoms with Crippen molar-refractivity contribution in [2.45, 2.75) is 64.5 Å². The van der Waals surface area contributed by atoms with Gasteiger partial charge < -0.3 is 29.4 Å². The number of methoxy groups -OCH3 is 1. The first kappa shape index (κ1) is 28.4. The van der Waals surface area contributed by atoms with Crippen LogP contribution < -0.4 is 10.1 Å². The maximum Gasteiger partial charge on any atom is 0.306 e. The Labute approximate surface area is 195 Å². The summed E-state index contributed by atoms with van der Waals surface area (Å²) in [5.41, 5.74) is 1.15. The number of nitrogens with one attached hydrogen (secondary N) is 1. The topological polar surface area (TPSA) is 120 Å². The predicted molar refractivity (Wildman–Crippen MR) is 122 cm³/mol. The Morgan fingerprint density at radius 1 is 0.970 bits per heavy atom. The van der Waals surface area contributed by atoms with Gasteiger partial charge in [-0.2, -0.15) is 0 Å². The Kier molecular flexibility index (Phi) is 14.5. The number of esters is 2. The highest BCUT2D eigenvalue weighted by Crippen LogP contribution is 2.14. The number of carbonyl (C=O) groups is 3. The molecule has 1 aromatic rings. The van der Waals surface area contributed by atoms with Gasteiger partial charge in [0.05, 0.1) is 26.1 Å². The number of ether oxygens (including phenoxy) is 4. The zero-order valence-electron chi connectivity index (χ0n) is 19.8. The largest absolute Gasteiger partial charge is 0.490 e. The monoisotopic (exact) mass is 467 g/mol. The fourth-order valence-electron chi connectivity index (χ4n) is 2.75. The van der Waals surface area contributed by atoms with E-state index in [1.54, 1.807) is 7.11 Å². The zero-order valence-corrected chi connectivity index (χ0v) is 19.8. The Bertz CT molecular complexity index is 705. The molecule has 9 heteroatoms. The molecule has 0 heterocycles. The lowest BCUT2D eigenvalue weighted by Gasteiger charge is -2.20. The van der Waals surface area contributed by atoms with Crippen LogP contribution in [0.2, 0.25) is 0 Å². The molecule has 9 nitrogen and oxygen atoms in total. The van der Waals surface area contributed by atoms with Crippen molar-refractivity contribution in [2.24, 2.45) is 0 Å². The SMILES string of the molecule is COCCc1ccc(OCC(CNC(C)C)OC(=O)CCCCOC(=O)CCC(=O)O)cc1. The molecule has 2 N–H and O–H groups in total. The van der Waals surface area contributed by atoms with Gasteiger partial charge in [-0.15, -0.1) is 0 Å². The number of unbranched alkanes of at least 4 members (excludes halogenated alkanes) is 1. The van der Waals surface area contributed by atoms with Crippen LogP contribution in [-0.4, -0.2) is 68.6 Å². The molecule has 0 amide bonds. The molecule has 1 unspecified atom stereocenters. The average Bonchev–Trinajstić information content (AvgIpc) is 2.78. The van der Waals surface area contributed by atoms with Crippen molar-refractivity contribution in [3.8, 4) is 5.75 Å². The van der Waals surface area contributed by atoms with Crippen LogP contribution in [0.1, 0.15) is 51.5 Å². The van der Waals surface area contributed by atoms with Crippen molar-refractivity contribution in [3.63, 3.8) is 0 Å². The summed E-state index contributed by atoms with van der Waals surface area (Å²) in [5.74, 6) is -1.24. The van der Waals surface area contributed by atoms with Gasteiger partial charge in [-0.3, -0.25) is 14.4 Å². The standard InChI is InChI=1S/C24H37NO8/c1-18(2)25-16-21(17-32-20-9-7-19(8-10-20)13-15-30-3)33-24(29)6-4-5-14-31-23(28)12-11-22(26)27/h7-10,18,21,25H,4-6,11-17H2,1-3H3,(H,26,27). The van der Waals surface area contributed by atoms with Crippen molar-refractivity contribution in [2.75, 3.05) is 33.5 Å². The number of hydrogen-bond donors (Lipinski definition) is 2. The number of hydrogen-bond acceptors (Lipinski definition) is 8. The van der Waals surface area contributed by atoms with Gasteiger partial charge in [0.25, 0.3) is 0 Å². The molecule has 0 aliphatic heterocycles. The van der Waals surface area contributed by atoms with Crippen molar-refractivity contribution < 1.29 is 38.4 Å². The molecule has 186 valence electrons. The molecule has 0 bridgehead atoms.